The van der Waals surface area contributed by atoms with Crippen LogP contribution in [0.3, 0.4) is 0 Å². The monoisotopic (exact) mass is 291 g/mol. The van der Waals surface area contributed by atoms with Crippen molar-refractivity contribution in [3.05, 3.63) is 17.5 Å². The van der Waals surface area contributed by atoms with E-state index in [0.717, 1.165) is 43.0 Å². The van der Waals surface area contributed by atoms with Crippen molar-refractivity contribution in [2.45, 2.75) is 71.3 Å². The van der Waals surface area contributed by atoms with Gasteiger partial charge >= 0.3 is 0 Å². The third-order valence-corrected chi connectivity index (χ3v) is 4.65. The van der Waals surface area contributed by atoms with E-state index in [9.17, 15) is 5.11 Å². The minimum Gasteiger partial charge on any atom is -0.388 e. The molecule has 1 aromatic rings. The molecule has 0 unspecified atom stereocenters. The molecule has 1 aliphatic rings. The molecule has 1 aliphatic carbocycles. The number of aliphatic hydroxyl groups is 1. The van der Waals surface area contributed by atoms with Crippen molar-refractivity contribution in [3.63, 3.8) is 0 Å². The summed E-state index contributed by atoms with van der Waals surface area (Å²) in [5, 5.41) is 13.9. The van der Waals surface area contributed by atoms with E-state index in [1.807, 2.05) is 13.0 Å². The first kappa shape index (κ1) is 16.2. The molecule has 0 atom stereocenters. The second-order valence-corrected chi connectivity index (χ2v) is 6.84. The number of aromatic nitrogens is 2. The summed E-state index contributed by atoms with van der Waals surface area (Å²) in [5.41, 5.74) is 1.42. The van der Waals surface area contributed by atoms with Crippen LogP contribution < -0.4 is 5.32 Å². The Labute approximate surface area is 128 Å². The number of hydrogen-bond acceptors (Lipinski definition) is 4. The van der Waals surface area contributed by atoms with Gasteiger partial charge in [-0.15, -0.1) is 0 Å². The highest BCUT2D eigenvalue weighted by atomic mass is 16.3. The van der Waals surface area contributed by atoms with Gasteiger partial charge in [-0.2, -0.15) is 0 Å². The van der Waals surface area contributed by atoms with E-state index in [2.05, 4.69) is 36.1 Å². The summed E-state index contributed by atoms with van der Waals surface area (Å²) in [6.07, 6.45) is 5.23. The maximum absolute atomic E-state index is 10.7. The molecule has 0 radical (unpaired) electrons. The summed E-state index contributed by atoms with van der Waals surface area (Å²) in [4.78, 5) is 8.98. The second kappa shape index (κ2) is 6.73. The number of nitrogens with zero attached hydrogens (tertiary/aromatic N) is 2. The highest BCUT2D eigenvalue weighted by Crippen LogP contribution is 2.33. The predicted octanol–water partition coefficient (Wildman–Crippen LogP) is 3.65. The molecule has 0 amide bonds. The van der Waals surface area contributed by atoms with Gasteiger partial charge in [-0.05, 0) is 50.5 Å². The van der Waals surface area contributed by atoms with Crippen LogP contribution >= 0.6 is 0 Å². The molecule has 2 rings (SSSR count). The Bertz CT molecular complexity index is 465. The second-order valence-electron chi connectivity index (χ2n) is 6.84. The minimum absolute atomic E-state index is 0.385. The fourth-order valence-electron chi connectivity index (χ4n) is 3.01. The van der Waals surface area contributed by atoms with Crippen LogP contribution in [0.1, 0.15) is 70.2 Å². The molecule has 4 heteroatoms. The highest BCUT2D eigenvalue weighted by Gasteiger charge is 2.32. The fourth-order valence-corrected chi connectivity index (χ4v) is 3.01. The van der Waals surface area contributed by atoms with Crippen LogP contribution in [0.2, 0.25) is 0 Å². The van der Waals surface area contributed by atoms with Crippen LogP contribution in [0, 0.1) is 12.8 Å². The molecule has 4 nitrogen and oxygen atoms in total. The van der Waals surface area contributed by atoms with E-state index < -0.39 is 5.60 Å². The number of nitrogens with one attached hydrogen (secondary N) is 1. The molecule has 1 fully saturated rings. The zero-order chi connectivity index (χ0) is 15.5. The minimum atomic E-state index is -0.600. The Balaban J connectivity index is 1.96. The third-order valence-electron chi connectivity index (χ3n) is 4.65. The van der Waals surface area contributed by atoms with E-state index in [1.165, 1.54) is 6.42 Å². The topological polar surface area (TPSA) is 58.0 Å². The van der Waals surface area contributed by atoms with E-state index in [1.54, 1.807) is 0 Å². The quantitative estimate of drug-likeness (QED) is 0.869. The van der Waals surface area contributed by atoms with Crippen molar-refractivity contribution in [1.82, 2.24) is 9.97 Å². The zero-order valence-corrected chi connectivity index (χ0v) is 13.8. The highest BCUT2D eigenvalue weighted by molar-refractivity contribution is 5.29. The van der Waals surface area contributed by atoms with Gasteiger partial charge in [0.15, 0.2) is 0 Å². The molecule has 0 aliphatic heterocycles. The smallest absolute Gasteiger partial charge is 0.223 e. The van der Waals surface area contributed by atoms with Gasteiger partial charge in [-0.3, -0.25) is 0 Å². The standard InChI is InChI=1S/C17H29N3O/c1-5-14-6-8-17(21,9-7-14)11-18-16-19-13(4)10-15(20-16)12(2)3/h10,12,14,21H,5-9,11H2,1-4H3,(H,18,19,20). The molecule has 0 bridgehead atoms. The van der Waals surface area contributed by atoms with Crippen molar-refractivity contribution in [2.24, 2.45) is 5.92 Å². The molecule has 21 heavy (non-hydrogen) atoms. The lowest BCUT2D eigenvalue weighted by molar-refractivity contribution is 0.00215. The number of hydrogen-bond donors (Lipinski definition) is 2. The summed E-state index contributed by atoms with van der Waals surface area (Å²) < 4.78 is 0. The Morgan fingerprint density at radius 1 is 1.33 bits per heavy atom. The molecule has 1 aromatic heterocycles. The number of aryl methyl sites for hydroxylation is 1. The van der Waals surface area contributed by atoms with Crippen molar-refractivity contribution in [3.8, 4) is 0 Å². The van der Waals surface area contributed by atoms with Crippen LogP contribution in [0.4, 0.5) is 5.95 Å². The number of anilines is 1. The normalized spacial score (nSPS) is 26.1. The van der Waals surface area contributed by atoms with Gasteiger partial charge in [0.1, 0.15) is 0 Å². The Hall–Kier alpha value is -1.16. The van der Waals surface area contributed by atoms with E-state index in [-0.39, 0.29) is 0 Å². The predicted molar refractivity (Wildman–Crippen MR) is 86.5 cm³/mol. The summed E-state index contributed by atoms with van der Waals surface area (Å²) >= 11 is 0. The van der Waals surface area contributed by atoms with Gasteiger partial charge in [0.2, 0.25) is 5.95 Å². The van der Waals surface area contributed by atoms with Gasteiger partial charge in [-0.25, -0.2) is 9.97 Å². The van der Waals surface area contributed by atoms with Crippen LogP contribution in [-0.2, 0) is 0 Å². The zero-order valence-electron chi connectivity index (χ0n) is 13.8. The summed E-state index contributed by atoms with van der Waals surface area (Å²) in [5.74, 6) is 1.81. The maximum atomic E-state index is 10.7. The summed E-state index contributed by atoms with van der Waals surface area (Å²) in [7, 11) is 0. The summed E-state index contributed by atoms with van der Waals surface area (Å²) in [6.45, 7) is 9.03. The van der Waals surface area contributed by atoms with Gasteiger partial charge in [0, 0.05) is 17.9 Å². The number of rotatable bonds is 5. The van der Waals surface area contributed by atoms with Crippen molar-refractivity contribution in [2.75, 3.05) is 11.9 Å². The first-order chi connectivity index (χ1) is 9.92. The maximum Gasteiger partial charge on any atom is 0.223 e. The molecule has 1 saturated carbocycles. The van der Waals surface area contributed by atoms with Gasteiger partial charge in [0.25, 0.3) is 0 Å². The molecule has 2 N–H and O–H groups in total. The molecular formula is C17H29N3O. The first-order valence-corrected chi connectivity index (χ1v) is 8.23. The van der Waals surface area contributed by atoms with E-state index >= 15 is 0 Å². The molecule has 0 aromatic carbocycles. The Morgan fingerprint density at radius 3 is 2.57 bits per heavy atom. The lowest BCUT2D eigenvalue weighted by atomic mass is 9.78. The average Bonchev–Trinajstić information content (AvgIpc) is 2.45. The fraction of sp³-hybridized carbons (Fsp3) is 0.765. The SMILES string of the molecule is CCC1CCC(O)(CNc2nc(C)cc(C(C)C)n2)CC1. The Kier molecular flexibility index (Phi) is 5.20. The van der Waals surface area contributed by atoms with Crippen molar-refractivity contribution >= 4 is 5.95 Å². The largest absolute Gasteiger partial charge is 0.388 e. The lowest BCUT2D eigenvalue weighted by Crippen LogP contribution is -2.40. The van der Waals surface area contributed by atoms with E-state index in [0.29, 0.717) is 18.4 Å². The molecule has 0 spiro atoms. The lowest BCUT2D eigenvalue weighted by Gasteiger charge is -2.35. The average molecular weight is 291 g/mol. The Morgan fingerprint density at radius 2 is 2.00 bits per heavy atom. The van der Waals surface area contributed by atoms with Crippen molar-refractivity contribution in [1.29, 1.82) is 0 Å². The van der Waals surface area contributed by atoms with Crippen LogP contribution in [-0.4, -0.2) is 27.2 Å². The molecule has 118 valence electrons. The van der Waals surface area contributed by atoms with Gasteiger partial charge in [-0.1, -0.05) is 27.2 Å². The third kappa shape index (κ3) is 4.40. The van der Waals surface area contributed by atoms with Crippen LogP contribution in [0.5, 0.6) is 0 Å². The first-order valence-electron chi connectivity index (χ1n) is 8.23. The summed E-state index contributed by atoms with van der Waals surface area (Å²) in [6, 6.07) is 2.02. The molecule has 1 heterocycles. The van der Waals surface area contributed by atoms with Gasteiger partial charge < -0.3 is 10.4 Å². The molecular weight excluding hydrogens is 262 g/mol. The van der Waals surface area contributed by atoms with Crippen LogP contribution in [0.25, 0.3) is 0 Å². The molecule has 0 saturated heterocycles. The van der Waals surface area contributed by atoms with E-state index in [4.69, 9.17) is 0 Å². The van der Waals surface area contributed by atoms with Crippen molar-refractivity contribution < 1.29 is 5.11 Å². The van der Waals surface area contributed by atoms with Crippen LogP contribution in [0.15, 0.2) is 6.07 Å². The van der Waals surface area contributed by atoms with Gasteiger partial charge in [0.05, 0.1) is 5.60 Å².